The van der Waals surface area contributed by atoms with Gasteiger partial charge in [-0.1, -0.05) is 25.7 Å². The largest absolute Gasteiger partial charge is 0.481 e. The van der Waals surface area contributed by atoms with Crippen molar-refractivity contribution in [2.45, 2.75) is 44.6 Å². The number of hydrogen-bond donors (Lipinski definition) is 2. The summed E-state index contributed by atoms with van der Waals surface area (Å²) in [6, 6.07) is 0. The number of carboxylic acids is 1. The molecule has 1 unspecified atom stereocenters. The van der Waals surface area contributed by atoms with E-state index in [1.54, 1.807) is 11.8 Å². The second-order valence-electron chi connectivity index (χ2n) is 4.26. The van der Waals surface area contributed by atoms with Crippen LogP contribution in [0.15, 0.2) is 0 Å². The zero-order valence-corrected chi connectivity index (χ0v) is 9.84. The molecule has 15 heavy (non-hydrogen) atoms. The SMILES string of the molecule is O=C(O)CCSCC(O)CC1CCCC1. The van der Waals surface area contributed by atoms with Crippen molar-refractivity contribution >= 4 is 17.7 Å². The highest BCUT2D eigenvalue weighted by Crippen LogP contribution is 2.29. The molecule has 0 radical (unpaired) electrons. The van der Waals surface area contributed by atoms with Crippen LogP contribution in [0, 0.1) is 5.92 Å². The second-order valence-corrected chi connectivity index (χ2v) is 5.41. The predicted molar refractivity (Wildman–Crippen MR) is 62.2 cm³/mol. The zero-order chi connectivity index (χ0) is 11.1. The van der Waals surface area contributed by atoms with Crippen LogP contribution in [0.2, 0.25) is 0 Å². The van der Waals surface area contributed by atoms with E-state index in [9.17, 15) is 9.90 Å². The van der Waals surface area contributed by atoms with Crippen molar-refractivity contribution in [1.29, 1.82) is 0 Å². The molecule has 1 rings (SSSR count). The zero-order valence-electron chi connectivity index (χ0n) is 9.02. The summed E-state index contributed by atoms with van der Waals surface area (Å²) in [5.41, 5.74) is 0. The molecule has 2 N–H and O–H groups in total. The van der Waals surface area contributed by atoms with E-state index < -0.39 is 5.97 Å². The van der Waals surface area contributed by atoms with E-state index in [4.69, 9.17) is 5.11 Å². The average Bonchev–Trinajstić information content (AvgIpc) is 2.64. The standard InChI is InChI=1S/C11H20O3S/c12-10(7-9-3-1-2-4-9)8-15-6-5-11(13)14/h9-10,12H,1-8H2,(H,13,14). The molecule has 1 atom stereocenters. The number of carboxylic acid groups (broad SMARTS) is 1. The highest BCUT2D eigenvalue weighted by atomic mass is 32.2. The maximum absolute atomic E-state index is 10.2. The number of thioether (sulfide) groups is 1. The molecule has 0 aliphatic heterocycles. The first-order valence-corrected chi connectivity index (χ1v) is 6.81. The number of aliphatic carboxylic acids is 1. The van der Waals surface area contributed by atoms with Crippen LogP contribution in [0.5, 0.6) is 0 Å². The third-order valence-electron chi connectivity index (χ3n) is 2.85. The molecule has 1 aliphatic carbocycles. The number of aliphatic hydroxyl groups is 1. The average molecular weight is 232 g/mol. The van der Waals surface area contributed by atoms with Crippen molar-refractivity contribution in [3.8, 4) is 0 Å². The Labute approximate surface area is 95.3 Å². The van der Waals surface area contributed by atoms with Gasteiger partial charge in [0.05, 0.1) is 12.5 Å². The molecule has 0 aromatic heterocycles. The number of hydrogen-bond acceptors (Lipinski definition) is 3. The lowest BCUT2D eigenvalue weighted by molar-refractivity contribution is -0.136. The van der Waals surface area contributed by atoms with Crippen LogP contribution in [-0.4, -0.2) is 33.8 Å². The first-order valence-electron chi connectivity index (χ1n) is 5.66. The Kier molecular flexibility index (Phi) is 6.10. The number of carbonyl (C=O) groups is 1. The van der Waals surface area contributed by atoms with Gasteiger partial charge in [-0.15, -0.1) is 0 Å². The van der Waals surface area contributed by atoms with Gasteiger partial charge < -0.3 is 10.2 Å². The molecule has 4 heteroatoms. The van der Waals surface area contributed by atoms with Crippen molar-refractivity contribution in [3.63, 3.8) is 0 Å². The molecule has 0 saturated heterocycles. The van der Waals surface area contributed by atoms with Gasteiger partial charge in [-0.05, 0) is 12.3 Å². The summed E-state index contributed by atoms with van der Waals surface area (Å²) in [4.78, 5) is 10.2. The van der Waals surface area contributed by atoms with Crippen LogP contribution in [0.25, 0.3) is 0 Å². The molecular weight excluding hydrogens is 212 g/mol. The molecule has 0 bridgehead atoms. The Hall–Kier alpha value is -0.220. The van der Waals surface area contributed by atoms with E-state index in [0.29, 0.717) is 17.4 Å². The molecule has 0 heterocycles. The fraction of sp³-hybridized carbons (Fsp3) is 0.909. The van der Waals surface area contributed by atoms with Gasteiger partial charge in [0.2, 0.25) is 0 Å². The molecule has 1 aliphatic rings. The predicted octanol–water partition coefficient (Wildman–Crippen LogP) is 2.14. The van der Waals surface area contributed by atoms with Crippen LogP contribution < -0.4 is 0 Å². The van der Waals surface area contributed by atoms with E-state index in [1.807, 2.05) is 0 Å². The van der Waals surface area contributed by atoms with Gasteiger partial charge in [0.1, 0.15) is 0 Å². The molecule has 1 saturated carbocycles. The summed E-state index contributed by atoms with van der Waals surface area (Å²) in [6.07, 6.45) is 5.99. The highest BCUT2D eigenvalue weighted by molar-refractivity contribution is 7.99. The smallest absolute Gasteiger partial charge is 0.304 e. The van der Waals surface area contributed by atoms with E-state index in [2.05, 4.69) is 0 Å². The van der Waals surface area contributed by atoms with E-state index >= 15 is 0 Å². The van der Waals surface area contributed by atoms with Crippen LogP contribution in [0.4, 0.5) is 0 Å². The Bertz CT molecular complexity index is 190. The van der Waals surface area contributed by atoms with Gasteiger partial charge in [-0.3, -0.25) is 4.79 Å². The summed E-state index contributed by atoms with van der Waals surface area (Å²) in [6.45, 7) is 0. The minimum Gasteiger partial charge on any atom is -0.481 e. The molecule has 0 spiro atoms. The molecule has 88 valence electrons. The highest BCUT2D eigenvalue weighted by Gasteiger charge is 2.18. The third-order valence-corrected chi connectivity index (χ3v) is 3.96. The second kappa shape index (κ2) is 7.12. The van der Waals surface area contributed by atoms with E-state index in [-0.39, 0.29) is 12.5 Å². The van der Waals surface area contributed by atoms with Gasteiger partial charge in [0, 0.05) is 11.5 Å². The van der Waals surface area contributed by atoms with Crippen LogP contribution in [0.1, 0.15) is 38.5 Å². The van der Waals surface area contributed by atoms with Crippen molar-refractivity contribution in [1.82, 2.24) is 0 Å². The van der Waals surface area contributed by atoms with E-state index in [1.165, 1.54) is 25.7 Å². The van der Waals surface area contributed by atoms with Crippen LogP contribution in [-0.2, 0) is 4.79 Å². The van der Waals surface area contributed by atoms with Crippen molar-refractivity contribution in [2.75, 3.05) is 11.5 Å². The van der Waals surface area contributed by atoms with Gasteiger partial charge in [0.25, 0.3) is 0 Å². The fourth-order valence-electron chi connectivity index (χ4n) is 2.08. The van der Waals surface area contributed by atoms with Crippen LogP contribution in [0.3, 0.4) is 0 Å². The minimum atomic E-state index is -0.757. The van der Waals surface area contributed by atoms with Crippen molar-refractivity contribution in [2.24, 2.45) is 5.92 Å². The minimum absolute atomic E-state index is 0.195. The lowest BCUT2D eigenvalue weighted by Gasteiger charge is -2.14. The van der Waals surface area contributed by atoms with E-state index in [0.717, 1.165) is 6.42 Å². The summed E-state index contributed by atoms with van der Waals surface area (Å²) in [7, 11) is 0. The lowest BCUT2D eigenvalue weighted by Crippen LogP contribution is -2.15. The Morgan fingerprint density at radius 2 is 2.07 bits per heavy atom. The lowest BCUT2D eigenvalue weighted by atomic mass is 10.0. The van der Waals surface area contributed by atoms with Gasteiger partial charge in [-0.2, -0.15) is 11.8 Å². The molecule has 0 aromatic rings. The Morgan fingerprint density at radius 3 is 2.67 bits per heavy atom. The maximum atomic E-state index is 10.2. The topological polar surface area (TPSA) is 57.5 Å². The molecular formula is C11H20O3S. The summed E-state index contributed by atoms with van der Waals surface area (Å²) in [5, 5.41) is 18.1. The van der Waals surface area contributed by atoms with Crippen LogP contribution >= 0.6 is 11.8 Å². The van der Waals surface area contributed by atoms with Crippen molar-refractivity contribution in [3.05, 3.63) is 0 Å². The maximum Gasteiger partial charge on any atom is 0.304 e. The third kappa shape index (κ3) is 6.05. The summed E-state index contributed by atoms with van der Waals surface area (Å²) < 4.78 is 0. The molecule has 1 fully saturated rings. The first-order chi connectivity index (χ1) is 7.18. The Morgan fingerprint density at radius 1 is 1.40 bits per heavy atom. The number of rotatable bonds is 7. The molecule has 0 aromatic carbocycles. The summed E-state index contributed by atoms with van der Waals surface area (Å²) in [5.74, 6) is 1.24. The molecule has 3 nitrogen and oxygen atoms in total. The monoisotopic (exact) mass is 232 g/mol. The summed E-state index contributed by atoms with van der Waals surface area (Å²) >= 11 is 1.54. The molecule has 0 amide bonds. The van der Waals surface area contributed by atoms with Gasteiger partial charge >= 0.3 is 5.97 Å². The Balaban J connectivity index is 1.97. The fourth-order valence-corrected chi connectivity index (χ4v) is 2.97. The number of aliphatic hydroxyl groups excluding tert-OH is 1. The van der Waals surface area contributed by atoms with Crippen molar-refractivity contribution < 1.29 is 15.0 Å². The van der Waals surface area contributed by atoms with Gasteiger partial charge in [0.15, 0.2) is 0 Å². The quantitative estimate of drug-likeness (QED) is 0.660. The normalized spacial score (nSPS) is 19.3. The first kappa shape index (κ1) is 12.8. The van der Waals surface area contributed by atoms with Gasteiger partial charge in [-0.25, -0.2) is 0 Å².